The first-order chi connectivity index (χ1) is 9.84. The summed E-state index contributed by atoms with van der Waals surface area (Å²) in [4.78, 5) is 9.30. The molecule has 1 N–H and O–H groups in total. The Hall–Kier alpha value is -1.62. The topological polar surface area (TPSA) is 110 Å². The number of nitrogens with zero attached hydrogens (tertiary/aromatic N) is 2. The van der Waals surface area contributed by atoms with Crippen molar-refractivity contribution in [2.75, 3.05) is 33.4 Å². The van der Waals surface area contributed by atoms with E-state index < -0.39 is 38.0 Å². The van der Waals surface area contributed by atoms with Crippen LogP contribution in [0.2, 0.25) is 0 Å². The van der Waals surface area contributed by atoms with Gasteiger partial charge in [0.1, 0.15) is 5.82 Å². The van der Waals surface area contributed by atoms with Gasteiger partial charge in [-0.1, -0.05) is 0 Å². The van der Waals surface area contributed by atoms with Crippen LogP contribution in [0.3, 0.4) is 0 Å². The van der Waals surface area contributed by atoms with Crippen LogP contribution in [0.25, 0.3) is 0 Å². The van der Waals surface area contributed by atoms with Crippen molar-refractivity contribution >= 4 is 15.7 Å². The highest BCUT2D eigenvalue weighted by Crippen LogP contribution is 2.27. The number of nitro benzene ring substituents is 1. The molecule has 1 aromatic rings. The van der Waals surface area contributed by atoms with Gasteiger partial charge in [-0.2, -0.15) is 4.31 Å². The van der Waals surface area contributed by atoms with Crippen molar-refractivity contribution < 1.29 is 27.6 Å². The molecule has 118 valence electrons. The molecule has 1 aromatic carbocycles. The second-order valence-electron chi connectivity index (χ2n) is 3.99. The average Bonchev–Trinajstić information content (AvgIpc) is 2.42. The first-order valence-corrected chi connectivity index (χ1v) is 7.32. The highest BCUT2D eigenvalue weighted by Gasteiger charge is 2.31. The molecular formula is C11H15FN2O6S. The lowest BCUT2D eigenvalue weighted by molar-refractivity contribution is -0.388. The van der Waals surface area contributed by atoms with Crippen LogP contribution < -0.4 is 0 Å². The molecule has 0 radical (unpaired) electrons. The summed E-state index contributed by atoms with van der Waals surface area (Å²) >= 11 is 0. The molecule has 0 unspecified atom stereocenters. The van der Waals surface area contributed by atoms with Crippen LogP contribution in [0.4, 0.5) is 10.1 Å². The summed E-state index contributed by atoms with van der Waals surface area (Å²) in [5.74, 6) is -0.911. The summed E-state index contributed by atoms with van der Waals surface area (Å²) in [6.07, 6.45) is 0. The van der Waals surface area contributed by atoms with E-state index in [0.717, 1.165) is 16.4 Å². The third kappa shape index (κ3) is 4.17. The molecule has 0 aliphatic rings. The minimum atomic E-state index is -4.24. The molecule has 0 saturated carbocycles. The van der Waals surface area contributed by atoms with Gasteiger partial charge in [-0.15, -0.1) is 0 Å². The molecular weight excluding hydrogens is 307 g/mol. The number of hydrogen-bond acceptors (Lipinski definition) is 6. The second kappa shape index (κ2) is 7.41. The summed E-state index contributed by atoms with van der Waals surface area (Å²) in [5, 5.41) is 19.8. The molecule has 10 heteroatoms. The number of methoxy groups -OCH3 is 1. The van der Waals surface area contributed by atoms with Gasteiger partial charge in [0, 0.05) is 20.2 Å². The third-order valence-corrected chi connectivity index (χ3v) is 4.58. The van der Waals surface area contributed by atoms with Crippen molar-refractivity contribution in [3.8, 4) is 0 Å². The number of aliphatic hydroxyl groups excluding tert-OH is 1. The average molecular weight is 322 g/mol. The lowest BCUT2D eigenvalue weighted by atomic mass is 10.3. The molecule has 8 nitrogen and oxygen atoms in total. The van der Waals surface area contributed by atoms with Crippen LogP contribution in [0.5, 0.6) is 0 Å². The van der Waals surface area contributed by atoms with E-state index in [1.807, 2.05) is 0 Å². The summed E-state index contributed by atoms with van der Waals surface area (Å²) in [7, 11) is -2.88. The second-order valence-corrected chi connectivity index (χ2v) is 5.90. The zero-order chi connectivity index (χ0) is 16.0. The van der Waals surface area contributed by atoms with Crippen LogP contribution in [-0.2, 0) is 14.8 Å². The fourth-order valence-corrected chi connectivity index (χ4v) is 3.20. The Morgan fingerprint density at radius 1 is 1.43 bits per heavy atom. The molecule has 0 fully saturated rings. The minimum Gasteiger partial charge on any atom is -0.395 e. The maximum atomic E-state index is 13.1. The fourth-order valence-electron chi connectivity index (χ4n) is 1.65. The van der Waals surface area contributed by atoms with Crippen LogP contribution in [0.1, 0.15) is 0 Å². The normalized spacial score (nSPS) is 11.8. The van der Waals surface area contributed by atoms with Crippen LogP contribution in [0, 0.1) is 15.9 Å². The number of sulfonamides is 1. The predicted octanol–water partition coefficient (Wildman–Crippen LogP) is 0.363. The van der Waals surface area contributed by atoms with Gasteiger partial charge in [0.15, 0.2) is 4.90 Å². The monoisotopic (exact) mass is 322 g/mol. The maximum Gasteiger partial charge on any atom is 0.292 e. The molecule has 0 amide bonds. The largest absolute Gasteiger partial charge is 0.395 e. The zero-order valence-corrected chi connectivity index (χ0v) is 12.0. The molecule has 0 saturated heterocycles. The Morgan fingerprint density at radius 2 is 2.10 bits per heavy atom. The van der Waals surface area contributed by atoms with E-state index in [1.165, 1.54) is 7.11 Å². The fraction of sp³-hybridized carbons (Fsp3) is 0.455. The van der Waals surface area contributed by atoms with Crippen molar-refractivity contribution in [2.45, 2.75) is 4.90 Å². The summed E-state index contributed by atoms with van der Waals surface area (Å²) in [6.45, 7) is -0.750. The van der Waals surface area contributed by atoms with Crippen molar-refractivity contribution in [2.24, 2.45) is 0 Å². The minimum absolute atomic E-state index is 0.0498. The van der Waals surface area contributed by atoms with Crippen LogP contribution in [0.15, 0.2) is 23.1 Å². The Balaban J connectivity index is 3.30. The lowest BCUT2D eigenvalue weighted by Crippen LogP contribution is -2.36. The molecule has 1 rings (SSSR count). The highest BCUT2D eigenvalue weighted by molar-refractivity contribution is 7.89. The molecule has 0 spiro atoms. The predicted molar refractivity (Wildman–Crippen MR) is 70.8 cm³/mol. The van der Waals surface area contributed by atoms with Crippen molar-refractivity contribution in [3.63, 3.8) is 0 Å². The molecule has 0 aromatic heterocycles. The molecule has 0 heterocycles. The van der Waals surface area contributed by atoms with Crippen molar-refractivity contribution in [1.29, 1.82) is 0 Å². The van der Waals surface area contributed by atoms with Crippen LogP contribution in [-0.4, -0.2) is 56.2 Å². The van der Waals surface area contributed by atoms with Gasteiger partial charge in [-0.3, -0.25) is 10.1 Å². The summed E-state index contributed by atoms with van der Waals surface area (Å²) < 4.78 is 43.5. The van der Waals surface area contributed by atoms with E-state index in [9.17, 15) is 22.9 Å². The number of ether oxygens (including phenoxy) is 1. The van der Waals surface area contributed by atoms with Crippen molar-refractivity contribution in [1.82, 2.24) is 4.31 Å². The summed E-state index contributed by atoms with van der Waals surface area (Å²) in [5.41, 5.74) is -0.852. The quantitative estimate of drug-likeness (QED) is 0.547. The first kappa shape index (κ1) is 17.4. The zero-order valence-electron chi connectivity index (χ0n) is 11.2. The Bertz CT molecular complexity index is 607. The van der Waals surface area contributed by atoms with Gasteiger partial charge in [-0.25, -0.2) is 12.8 Å². The van der Waals surface area contributed by atoms with Crippen LogP contribution >= 0.6 is 0 Å². The van der Waals surface area contributed by atoms with E-state index in [2.05, 4.69) is 0 Å². The smallest absolute Gasteiger partial charge is 0.292 e. The van der Waals surface area contributed by atoms with E-state index in [4.69, 9.17) is 9.84 Å². The van der Waals surface area contributed by atoms with E-state index >= 15 is 0 Å². The first-order valence-electron chi connectivity index (χ1n) is 5.88. The maximum absolute atomic E-state index is 13.1. The number of nitro groups is 1. The number of halogens is 1. The Morgan fingerprint density at radius 3 is 2.62 bits per heavy atom. The standard InChI is InChI=1S/C11H15FN2O6S/c1-20-7-5-13(4-6-15)21(18,19)11-3-2-9(12)8-10(11)14(16)17/h2-3,8,15H,4-7H2,1H3. The molecule has 0 bridgehead atoms. The highest BCUT2D eigenvalue weighted by atomic mass is 32.2. The molecule has 0 atom stereocenters. The molecule has 0 aliphatic carbocycles. The molecule has 21 heavy (non-hydrogen) atoms. The van der Waals surface area contributed by atoms with Gasteiger partial charge < -0.3 is 9.84 Å². The van der Waals surface area contributed by atoms with E-state index in [1.54, 1.807) is 0 Å². The lowest BCUT2D eigenvalue weighted by Gasteiger charge is -2.20. The number of benzene rings is 1. The Kier molecular flexibility index (Phi) is 6.15. The summed E-state index contributed by atoms with van der Waals surface area (Å²) in [6, 6.07) is 2.20. The SMILES string of the molecule is COCCN(CCO)S(=O)(=O)c1ccc(F)cc1[N+](=O)[O-]. The number of hydrogen-bond donors (Lipinski definition) is 1. The van der Waals surface area contributed by atoms with Gasteiger partial charge in [0.05, 0.1) is 24.2 Å². The van der Waals surface area contributed by atoms with E-state index in [-0.39, 0.29) is 19.7 Å². The number of aliphatic hydroxyl groups is 1. The Labute approximate surface area is 121 Å². The third-order valence-electron chi connectivity index (χ3n) is 2.63. The van der Waals surface area contributed by atoms with Gasteiger partial charge in [0.2, 0.25) is 10.0 Å². The number of rotatable bonds is 8. The van der Waals surface area contributed by atoms with Gasteiger partial charge in [-0.05, 0) is 12.1 Å². The van der Waals surface area contributed by atoms with Gasteiger partial charge >= 0.3 is 0 Å². The van der Waals surface area contributed by atoms with Crippen molar-refractivity contribution in [3.05, 3.63) is 34.1 Å². The molecule has 0 aliphatic heterocycles. The van der Waals surface area contributed by atoms with Gasteiger partial charge in [0.25, 0.3) is 5.69 Å². The van der Waals surface area contributed by atoms with E-state index in [0.29, 0.717) is 6.07 Å².